The van der Waals surface area contributed by atoms with E-state index in [4.69, 9.17) is 0 Å². The van der Waals surface area contributed by atoms with E-state index in [1.54, 1.807) is 11.0 Å². The number of rotatable bonds is 4. The van der Waals surface area contributed by atoms with E-state index in [-0.39, 0.29) is 10.8 Å². The third kappa shape index (κ3) is 5.22. The number of halogens is 3. The van der Waals surface area contributed by atoms with Gasteiger partial charge in [0.2, 0.25) is 10.0 Å². The number of piperidine rings is 1. The number of anilines is 1. The highest BCUT2D eigenvalue weighted by Crippen LogP contribution is 2.32. The second-order valence-corrected chi connectivity index (χ2v) is 10.9. The Balaban J connectivity index is 1.38. The Kier molecular flexibility index (Phi) is 6.91. The van der Waals surface area contributed by atoms with E-state index in [9.17, 15) is 26.4 Å². The van der Waals surface area contributed by atoms with Crippen molar-refractivity contribution < 1.29 is 26.4 Å². The predicted molar refractivity (Wildman–Crippen MR) is 123 cm³/mol. The highest BCUT2D eigenvalue weighted by atomic mass is 32.2. The van der Waals surface area contributed by atoms with E-state index in [0.29, 0.717) is 56.4 Å². The SMILES string of the molecule is CC1CCN(S(=O)(=O)c2ccc(C(=O)N3CCN(c4cccc(C(F)(F)F)c4)CC3)cc2)CC1. The largest absolute Gasteiger partial charge is 0.416 e. The van der Waals surface area contributed by atoms with Crippen molar-refractivity contribution in [3.63, 3.8) is 0 Å². The molecule has 0 unspecified atom stereocenters. The molecule has 2 aromatic rings. The van der Waals surface area contributed by atoms with E-state index in [1.165, 1.54) is 34.6 Å². The van der Waals surface area contributed by atoms with Crippen LogP contribution in [0.5, 0.6) is 0 Å². The van der Waals surface area contributed by atoms with Crippen LogP contribution in [0.25, 0.3) is 0 Å². The van der Waals surface area contributed by atoms with Gasteiger partial charge in [0.1, 0.15) is 0 Å². The van der Waals surface area contributed by atoms with Gasteiger partial charge in [-0.1, -0.05) is 13.0 Å². The van der Waals surface area contributed by atoms with Crippen LogP contribution in [-0.2, 0) is 16.2 Å². The minimum atomic E-state index is -4.40. The summed E-state index contributed by atoms with van der Waals surface area (Å²) in [5.41, 5.74) is 0.167. The zero-order valence-corrected chi connectivity index (χ0v) is 19.8. The van der Waals surface area contributed by atoms with Crippen molar-refractivity contribution in [2.75, 3.05) is 44.2 Å². The number of carbonyl (C=O) groups is 1. The molecule has 0 atom stereocenters. The minimum absolute atomic E-state index is 0.174. The lowest BCUT2D eigenvalue weighted by Gasteiger charge is -2.36. The molecule has 0 N–H and O–H groups in total. The summed E-state index contributed by atoms with van der Waals surface area (Å²) < 4.78 is 66.3. The van der Waals surface area contributed by atoms with Gasteiger partial charge in [0.05, 0.1) is 10.5 Å². The lowest BCUT2D eigenvalue weighted by molar-refractivity contribution is -0.137. The molecule has 34 heavy (non-hydrogen) atoms. The average Bonchev–Trinajstić information content (AvgIpc) is 2.83. The maximum atomic E-state index is 13.0. The van der Waals surface area contributed by atoms with Crippen molar-refractivity contribution >= 4 is 21.6 Å². The second-order valence-electron chi connectivity index (χ2n) is 8.94. The van der Waals surface area contributed by atoms with Gasteiger partial charge in [0, 0.05) is 50.5 Å². The van der Waals surface area contributed by atoms with Crippen LogP contribution < -0.4 is 4.90 Å². The fraction of sp³-hybridized carbons (Fsp3) is 0.458. The molecule has 0 saturated carbocycles. The Hall–Kier alpha value is -2.59. The van der Waals surface area contributed by atoms with E-state index in [2.05, 4.69) is 6.92 Å². The highest BCUT2D eigenvalue weighted by Gasteiger charge is 2.32. The van der Waals surface area contributed by atoms with Gasteiger partial charge in [-0.25, -0.2) is 8.42 Å². The molecular weight excluding hydrogens is 467 g/mol. The van der Waals surface area contributed by atoms with Crippen molar-refractivity contribution in [3.8, 4) is 0 Å². The normalized spacial score (nSPS) is 18.8. The summed E-state index contributed by atoms with van der Waals surface area (Å²) in [4.78, 5) is 16.6. The average molecular weight is 496 g/mol. The first-order chi connectivity index (χ1) is 16.1. The van der Waals surface area contributed by atoms with Crippen LogP contribution in [-0.4, -0.2) is 62.8 Å². The van der Waals surface area contributed by atoms with Crippen LogP contribution in [0, 0.1) is 5.92 Å². The molecule has 0 spiro atoms. The molecule has 2 aromatic carbocycles. The summed E-state index contributed by atoms with van der Waals surface area (Å²) in [5, 5.41) is 0. The number of carbonyl (C=O) groups excluding carboxylic acids is 1. The van der Waals surface area contributed by atoms with Gasteiger partial charge in [-0.2, -0.15) is 17.5 Å². The fourth-order valence-corrected chi connectivity index (χ4v) is 5.84. The smallest absolute Gasteiger partial charge is 0.368 e. The summed E-state index contributed by atoms with van der Waals surface area (Å²) in [6.07, 6.45) is -2.73. The van der Waals surface area contributed by atoms with Crippen LogP contribution in [0.2, 0.25) is 0 Å². The first kappa shape index (κ1) is 24.5. The Bertz CT molecular complexity index is 1120. The molecule has 1 amide bonds. The summed E-state index contributed by atoms with van der Waals surface area (Å²) >= 11 is 0. The number of alkyl halides is 3. The molecule has 0 aromatic heterocycles. The third-order valence-electron chi connectivity index (χ3n) is 6.59. The summed E-state index contributed by atoms with van der Waals surface area (Å²) in [6, 6.07) is 11.2. The second kappa shape index (κ2) is 9.58. The number of benzene rings is 2. The van der Waals surface area contributed by atoms with Gasteiger partial charge in [0.15, 0.2) is 0 Å². The van der Waals surface area contributed by atoms with Gasteiger partial charge >= 0.3 is 6.18 Å². The quantitative estimate of drug-likeness (QED) is 0.641. The van der Waals surface area contributed by atoms with Crippen molar-refractivity contribution in [2.24, 2.45) is 5.92 Å². The molecule has 10 heteroatoms. The fourth-order valence-electron chi connectivity index (χ4n) is 4.37. The van der Waals surface area contributed by atoms with Crippen LogP contribution in [0.1, 0.15) is 35.7 Å². The van der Waals surface area contributed by atoms with Gasteiger partial charge in [-0.3, -0.25) is 4.79 Å². The number of hydrogen-bond acceptors (Lipinski definition) is 4. The summed E-state index contributed by atoms with van der Waals surface area (Å²) in [5.74, 6) is 0.292. The summed E-state index contributed by atoms with van der Waals surface area (Å²) in [7, 11) is -3.58. The van der Waals surface area contributed by atoms with Crippen LogP contribution >= 0.6 is 0 Å². The van der Waals surface area contributed by atoms with Crippen LogP contribution in [0.3, 0.4) is 0 Å². The third-order valence-corrected chi connectivity index (χ3v) is 8.50. The first-order valence-corrected chi connectivity index (χ1v) is 12.8. The van der Waals surface area contributed by atoms with Crippen molar-refractivity contribution in [3.05, 3.63) is 59.7 Å². The van der Waals surface area contributed by atoms with E-state index < -0.39 is 21.8 Å². The number of amides is 1. The molecule has 0 bridgehead atoms. The Morgan fingerprint density at radius 3 is 2.12 bits per heavy atom. The minimum Gasteiger partial charge on any atom is -0.368 e. The zero-order valence-electron chi connectivity index (χ0n) is 19.0. The van der Waals surface area contributed by atoms with Gasteiger partial charge in [-0.05, 0) is 61.2 Å². The standard InChI is InChI=1S/C24H28F3N3O3S/c1-18-9-11-30(12-10-18)34(32,33)22-7-5-19(6-8-22)23(31)29-15-13-28(14-16-29)21-4-2-3-20(17-21)24(25,26)27/h2-8,17-18H,9-16H2,1H3. The van der Waals surface area contributed by atoms with Crippen LogP contribution in [0.4, 0.5) is 18.9 Å². The molecular formula is C24H28F3N3O3S. The first-order valence-electron chi connectivity index (χ1n) is 11.4. The van der Waals surface area contributed by atoms with Crippen LogP contribution in [0.15, 0.2) is 53.4 Å². The summed E-state index contributed by atoms with van der Waals surface area (Å²) in [6.45, 7) is 4.66. The van der Waals surface area contributed by atoms with Crippen molar-refractivity contribution in [2.45, 2.75) is 30.8 Å². The molecule has 6 nitrogen and oxygen atoms in total. The molecule has 2 fully saturated rings. The van der Waals surface area contributed by atoms with Gasteiger partial charge in [-0.15, -0.1) is 0 Å². The Morgan fingerprint density at radius 1 is 0.912 bits per heavy atom. The number of hydrogen-bond donors (Lipinski definition) is 0. The Morgan fingerprint density at radius 2 is 1.53 bits per heavy atom. The number of piperazine rings is 1. The maximum Gasteiger partial charge on any atom is 0.416 e. The van der Waals surface area contributed by atoms with Crippen molar-refractivity contribution in [1.29, 1.82) is 0 Å². The molecule has 0 radical (unpaired) electrons. The predicted octanol–water partition coefficient (Wildman–Crippen LogP) is 4.09. The lowest BCUT2D eigenvalue weighted by atomic mass is 10.0. The number of sulfonamides is 1. The van der Waals surface area contributed by atoms with E-state index in [1.807, 2.05) is 4.90 Å². The molecule has 2 aliphatic heterocycles. The maximum absolute atomic E-state index is 13.0. The lowest BCUT2D eigenvalue weighted by Crippen LogP contribution is -2.48. The monoisotopic (exact) mass is 495 g/mol. The Labute approximate surface area is 198 Å². The van der Waals surface area contributed by atoms with Gasteiger partial charge in [0.25, 0.3) is 5.91 Å². The molecule has 0 aliphatic carbocycles. The van der Waals surface area contributed by atoms with E-state index >= 15 is 0 Å². The van der Waals surface area contributed by atoms with Gasteiger partial charge < -0.3 is 9.80 Å². The zero-order chi connectivity index (χ0) is 24.5. The van der Waals surface area contributed by atoms with Crippen molar-refractivity contribution in [1.82, 2.24) is 9.21 Å². The topological polar surface area (TPSA) is 60.9 Å². The molecule has 4 rings (SSSR count). The molecule has 184 valence electrons. The molecule has 2 saturated heterocycles. The highest BCUT2D eigenvalue weighted by molar-refractivity contribution is 7.89. The number of nitrogens with zero attached hydrogens (tertiary/aromatic N) is 3. The molecule has 2 aliphatic rings. The van der Waals surface area contributed by atoms with E-state index in [0.717, 1.165) is 25.0 Å². The molecule has 2 heterocycles.